The van der Waals surface area contributed by atoms with Crippen molar-refractivity contribution < 1.29 is 14.7 Å². The highest BCUT2D eigenvalue weighted by molar-refractivity contribution is 6.33. The average Bonchev–Trinajstić information content (AvgIpc) is 2.84. The van der Waals surface area contributed by atoms with Gasteiger partial charge in [0.2, 0.25) is 0 Å². The van der Waals surface area contributed by atoms with Crippen LogP contribution in [-0.2, 0) is 6.54 Å². The number of hydrogen-bond donors (Lipinski definition) is 2. The summed E-state index contributed by atoms with van der Waals surface area (Å²) in [5.74, 6) is 0.372. The first kappa shape index (κ1) is 11.4. The summed E-state index contributed by atoms with van der Waals surface area (Å²) in [5, 5.41) is 21.3. The Morgan fingerprint density at radius 1 is 1.31 bits per heavy atom. The van der Waals surface area contributed by atoms with Crippen molar-refractivity contribution >= 4 is 7.32 Å². The van der Waals surface area contributed by atoms with Crippen LogP contribution in [0.15, 0.2) is 12.4 Å². The highest BCUT2D eigenvalue weighted by Gasteiger charge is 2.13. The zero-order valence-electron chi connectivity index (χ0n) is 9.12. The van der Waals surface area contributed by atoms with Crippen LogP contribution in [0.1, 0.15) is 12.8 Å². The predicted octanol–water partition coefficient (Wildman–Crippen LogP) is -0.673. The van der Waals surface area contributed by atoms with Gasteiger partial charge in [0.25, 0.3) is 0 Å². The lowest BCUT2D eigenvalue weighted by Gasteiger charge is -2.13. The molecule has 0 saturated carbocycles. The van der Waals surface area contributed by atoms with Gasteiger partial charge in [0, 0.05) is 6.54 Å². The molecule has 16 heavy (non-hydrogen) atoms. The Hall–Kier alpha value is -1.05. The summed E-state index contributed by atoms with van der Waals surface area (Å²) in [4.78, 5) is 2.39. The fourth-order valence-corrected chi connectivity index (χ4v) is 1.90. The fraction of sp³-hybridized carbons (Fsp3) is 0.667. The van der Waals surface area contributed by atoms with Gasteiger partial charge in [-0.05, 0) is 25.9 Å². The molecule has 0 bridgehead atoms. The molecular weight excluding hydrogens is 209 g/mol. The molecule has 0 aliphatic carbocycles. The van der Waals surface area contributed by atoms with Crippen molar-refractivity contribution in [3.05, 3.63) is 12.4 Å². The van der Waals surface area contributed by atoms with Crippen molar-refractivity contribution in [2.45, 2.75) is 19.4 Å². The van der Waals surface area contributed by atoms with E-state index in [0.717, 1.165) is 13.1 Å². The van der Waals surface area contributed by atoms with E-state index in [9.17, 15) is 0 Å². The molecule has 1 aromatic heterocycles. The van der Waals surface area contributed by atoms with E-state index in [-0.39, 0.29) is 0 Å². The average molecular weight is 225 g/mol. The summed E-state index contributed by atoms with van der Waals surface area (Å²) in [6, 6.07) is 0. The highest BCUT2D eigenvalue weighted by Crippen LogP contribution is 2.10. The summed E-state index contributed by atoms with van der Waals surface area (Å²) in [5.41, 5.74) is 0. The van der Waals surface area contributed by atoms with Crippen molar-refractivity contribution in [2.75, 3.05) is 19.6 Å². The molecule has 1 fully saturated rings. The van der Waals surface area contributed by atoms with Crippen molar-refractivity contribution in [1.29, 1.82) is 0 Å². The van der Waals surface area contributed by atoms with Gasteiger partial charge in [0.1, 0.15) is 5.75 Å². The maximum atomic E-state index is 8.61. The van der Waals surface area contributed by atoms with Crippen LogP contribution >= 0.6 is 0 Å². The molecule has 2 heterocycles. The molecule has 0 radical (unpaired) electrons. The van der Waals surface area contributed by atoms with E-state index in [1.54, 1.807) is 10.9 Å². The summed E-state index contributed by atoms with van der Waals surface area (Å²) in [6.07, 6.45) is 5.70. The van der Waals surface area contributed by atoms with Gasteiger partial charge in [-0.1, -0.05) is 0 Å². The van der Waals surface area contributed by atoms with Crippen LogP contribution in [-0.4, -0.2) is 51.7 Å². The minimum atomic E-state index is -1.78. The first-order valence-electron chi connectivity index (χ1n) is 5.51. The van der Waals surface area contributed by atoms with Gasteiger partial charge in [0.15, 0.2) is 0 Å². The van der Waals surface area contributed by atoms with Gasteiger partial charge >= 0.3 is 7.32 Å². The largest absolute Gasteiger partial charge is 0.707 e. The molecule has 1 saturated heterocycles. The Kier molecular flexibility index (Phi) is 3.81. The third kappa shape index (κ3) is 3.23. The lowest BCUT2D eigenvalue weighted by Crippen LogP contribution is -2.24. The third-order valence-corrected chi connectivity index (χ3v) is 2.70. The van der Waals surface area contributed by atoms with E-state index < -0.39 is 7.32 Å². The second kappa shape index (κ2) is 5.33. The minimum absolute atomic E-state index is 0.372. The van der Waals surface area contributed by atoms with E-state index >= 15 is 0 Å². The van der Waals surface area contributed by atoms with Gasteiger partial charge in [-0.15, -0.1) is 0 Å². The number of rotatable bonds is 5. The smallest absolute Gasteiger partial charge is 0.509 e. The van der Waals surface area contributed by atoms with Crippen molar-refractivity contribution in [2.24, 2.45) is 0 Å². The zero-order valence-corrected chi connectivity index (χ0v) is 9.12. The van der Waals surface area contributed by atoms with Gasteiger partial charge in [0.05, 0.1) is 18.9 Å². The second-order valence-electron chi connectivity index (χ2n) is 3.93. The van der Waals surface area contributed by atoms with Crippen molar-refractivity contribution in [3.8, 4) is 5.75 Å². The Balaban J connectivity index is 1.78. The zero-order chi connectivity index (χ0) is 11.4. The maximum Gasteiger partial charge on any atom is 0.707 e. The molecule has 1 aliphatic rings. The molecule has 0 atom stereocenters. The Morgan fingerprint density at radius 3 is 2.75 bits per heavy atom. The molecule has 7 heteroatoms. The third-order valence-electron chi connectivity index (χ3n) is 2.70. The van der Waals surface area contributed by atoms with Crippen LogP contribution in [0, 0.1) is 0 Å². The SMILES string of the molecule is OB(O)Oc1cnn(CCN2CCCC2)c1. The number of likely N-dealkylation sites (tertiary alicyclic amines) is 1. The fourth-order valence-electron chi connectivity index (χ4n) is 1.90. The van der Waals surface area contributed by atoms with E-state index in [0.29, 0.717) is 5.75 Å². The summed E-state index contributed by atoms with van der Waals surface area (Å²) in [6.45, 7) is 4.10. The summed E-state index contributed by atoms with van der Waals surface area (Å²) in [7, 11) is -1.78. The van der Waals surface area contributed by atoms with Gasteiger partial charge in [-0.25, -0.2) is 0 Å². The van der Waals surface area contributed by atoms with Crippen LogP contribution < -0.4 is 4.65 Å². The quantitative estimate of drug-likeness (QED) is 0.650. The first-order chi connectivity index (χ1) is 7.74. The molecule has 88 valence electrons. The second-order valence-corrected chi connectivity index (χ2v) is 3.93. The van der Waals surface area contributed by atoms with Crippen LogP contribution in [0.5, 0.6) is 5.75 Å². The Morgan fingerprint density at radius 2 is 2.06 bits per heavy atom. The predicted molar refractivity (Wildman–Crippen MR) is 58.7 cm³/mol. The molecule has 1 aromatic rings. The van der Waals surface area contributed by atoms with Crippen molar-refractivity contribution in [1.82, 2.24) is 14.7 Å². The van der Waals surface area contributed by atoms with Crippen LogP contribution in [0.3, 0.4) is 0 Å². The van der Waals surface area contributed by atoms with E-state index in [2.05, 4.69) is 14.7 Å². The summed E-state index contributed by atoms with van der Waals surface area (Å²) < 4.78 is 6.43. The van der Waals surface area contributed by atoms with E-state index in [4.69, 9.17) is 10.0 Å². The summed E-state index contributed by atoms with van der Waals surface area (Å²) >= 11 is 0. The number of nitrogens with zero attached hydrogens (tertiary/aromatic N) is 3. The van der Waals surface area contributed by atoms with Gasteiger partial charge in [-0.3, -0.25) is 4.68 Å². The lowest BCUT2D eigenvalue weighted by molar-refractivity contribution is 0.287. The van der Waals surface area contributed by atoms with Gasteiger partial charge in [-0.2, -0.15) is 5.10 Å². The molecule has 1 aliphatic heterocycles. The Labute approximate surface area is 94.6 Å². The van der Waals surface area contributed by atoms with Crippen LogP contribution in [0.2, 0.25) is 0 Å². The van der Waals surface area contributed by atoms with E-state index in [1.807, 2.05) is 0 Å². The maximum absolute atomic E-state index is 8.61. The van der Waals surface area contributed by atoms with Gasteiger partial charge < -0.3 is 19.6 Å². The van der Waals surface area contributed by atoms with E-state index in [1.165, 1.54) is 32.1 Å². The molecular formula is C9H16BN3O3. The Bertz CT molecular complexity index is 326. The standard InChI is InChI=1S/C9H16BN3O3/c14-10(15)16-9-7-11-13(8-9)6-5-12-3-1-2-4-12/h7-8,14-15H,1-6H2. The molecule has 0 spiro atoms. The van der Waals surface area contributed by atoms with Crippen LogP contribution in [0.4, 0.5) is 0 Å². The highest BCUT2D eigenvalue weighted by atomic mass is 16.6. The van der Waals surface area contributed by atoms with Crippen LogP contribution in [0.25, 0.3) is 0 Å². The molecule has 6 nitrogen and oxygen atoms in total. The molecule has 2 N–H and O–H groups in total. The topological polar surface area (TPSA) is 70.7 Å². The lowest BCUT2D eigenvalue weighted by atomic mass is 10.3. The molecule has 0 unspecified atom stereocenters. The number of hydrogen-bond acceptors (Lipinski definition) is 5. The monoisotopic (exact) mass is 225 g/mol. The first-order valence-corrected chi connectivity index (χ1v) is 5.51. The molecule has 2 rings (SSSR count). The van der Waals surface area contributed by atoms with Crippen molar-refractivity contribution in [3.63, 3.8) is 0 Å². The normalized spacial score (nSPS) is 16.6. The molecule has 0 amide bonds. The number of aromatic nitrogens is 2. The molecule has 0 aromatic carbocycles. The minimum Gasteiger partial charge on any atom is -0.509 e.